The molecule has 0 saturated carbocycles. The van der Waals surface area contributed by atoms with Crippen LogP contribution in [0.3, 0.4) is 0 Å². The molecule has 0 aliphatic heterocycles. The van der Waals surface area contributed by atoms with Gasteiger partial charge < -0.3 is 14.1 Å². The average Bonchev–Trinajstić information content (AvgIpc) is 3.24. The number of fused-ring (bicyclic) bond motifs is 2. The van der Waals surface area contributed by atoms with Gasteiger partial charge in [0.2, 0.25) is 17.0 Å². The largest absolute Gasteiger partial charge is 0.478 e. The van der Waals surface area contributed by atoms with Crippen molar-refractivity contribution in [1.29, 1.82) is 0 Å². The fourth-order valence-corrected chi connectivity index (χ4v) is 3.86. The SMILES string of the molecule is Cc1cc2oc(-c3ccccc3)c(OCC(=O)c3c[nH]c4ccccc34)c(=O)c2cc1C. The molecule has 5 rings (SSSR count). The van der Waals surface area contributed by atoms with Crippen molar-refractivity contribution in [2.24, 2.45) is 0 Å². The zero-order valence-corrected chi connectivity index (χ0v) is 17.8. The molecule has 0 unspecified atom stereocenters. The Bertz CT molecular complexity index is 1530. The molecule has 5 aromatic rings. The molecule has 0 bridgehead atoms. The Hall–Kier alpha value is -4.12. The van der Waals surface area contributed by atoms with Gasteiger partial charge in [0.05, 0.1) is 5.39 Å². The van der Waals surface area contributed by atoms with E-state index in [0.29, 0.717) is 27.9 Å². The van der Waals surface area contributed by atoms with Crippen molar-refractivity contribution in [3.8, 4) is 17.1 Å². The predicted octanol–water partition coefficient (Wildman–Crippen LogP) is 5.82. The molecule has 2 aromatic heterocycles. The van der Waals surface area contributed by atoms with E-state index in [1.807, 2.05) is 74.5 Å². The summed E-state index contributed by atoms with van der Waals surface area (Å²) >= 11 is 0. The Morgan fingerprint density at radius 1 is 0.938 bits per heavy atom. The summed E-state index contributed by atoms with van der Waals surface area (Å²) in [6, 6.07) is 20.5. The average molecular weight is 423 g/mol. The summed E-state index contributed by atoms with van der Waals surface area (Å²) in [6.07, 6.45) is 1.67. The number of para-hydroxylation sites is 1. The van der Waals surface area contributed by atoms with Crippen LogP contribution in [0.25, 0.3) is 33.2 Å². The Labute approximate surface area is 184 Å². The van der Waals surface area contributed by atoms with Gasteiger partial charge in [-0.1, -0.05) is 48.5 Å². The number of ether oxygens (including phenoxy) is 1. The van der Waals surface area contributed by atoms with Gasteiger partial charge in [0.1, 0.15) is 5.58 Å². The van der Waals surface area contributed by atoms with Crippen molar-refractivity contribution in [3.05, 3.63) is 99.8 Å². The van der Waals surface area contributed by atoms with Gasteiger partial charge in [0.25, 0.3) is 0 Å². The zero-order chi connectivity index (χ0) is 22.2. The van der Waals surface area contributed by atoms with Crippen LogP contribution >= 0.6 is 0 Å². The Kier molecular flexibility index (Phi) is 4.86. The number of aromatic amines is 1. The predicted molar refractivity (Wildman–Crippen MR) is 126 cm³/mol. The lowest BCUT2D eigenvalue weighted by Gasteiger charge is -2.12. The first-order valence-corrected chi connectivity index (χ1v) is 10.4. The molecule has 2 heterocycles. The minimum atomic E-state index is -0.292. The molecule has 0 fully saturated rings. The Balaban J connectivity index is 1.59. The highest BCUT2D eigenvalue weighted by Crippen LogP contribution is 2.32. The number of rotatable bonds is 5. The van der Waals surface area contributed by atoms with Gasteiger partial charge in [0, 0.05) is 28.2 Å². The van der Waals surface area contributed by atoms with Gasteiger partial charge >= 0.3 is 0 Å². The molecule has 0 atom stereocenters. The fourth-order valence-electron chi connectivity index (χ4n) is 3.86. The van der Waals surface area contributed by atoms with Gasteiger partial charge in [-0.15, -0.1) is 0 Å². The first-order chi connectivity index (χ1) is 15.5. The summed E-state index contributed by atoms with van der Waals surface area (Å²) in [7, 11) is 0. The van der Waals surface area contributed by atoms with Crippen molar-refractivity contribution in [2.75, 3.05) is 6.61 Å². The van der Waals surface area contributed by atoms with Crippen molar-refractivity contribution < 1.29 is 13.9 Å². The number of carbonyl (C=O) groups is 1. The van der Waals surface area contributed by atoms with Crippen LogP contribution in [0, 0.1) is 13.8 Å². The molecule has 0 saturated heterocycles. The number of benzene rings is 3. The van der Waals surface area contributed by atoms with Crippen LogP contribution in [0.15, 0.2) is 82.1 Å². The molecule has 0 amide bonds. The lowest BCUT2D eigenvalue weighted by molar-refractivity contribution is 0.0922. The van der Waals surface area contributed by atoms with Gasteiger partial charge in [-0.05, 0) is 43.2 Å². The maximum Gasteiger partial charge on any atom is 0.235 e. The van der Waals surface area contributed by atoms with Crippen LogP contribution in [-0.4, -0.2) is 17.4 Å². The number of nitrogens with one attached hydrogen (secondary N) is 1. The second-order valence-electron chi connectivity index (χ2n) is 7.85. The molecule has 0 spiro atoms. The van der Waals surface area contributed by atoms with E-state index in [0.717, 1.165) is 22.0 Å². The molecule has 0 aliphatic carbocycles. The Morgan fingerprint density at radius 3 is 2.47 bits per heavy atom. The second-order valence-corrected chi connectivity index (χ2v) is 7.85. The summed E-state index contributed by atoms with van der Waals surface area (Å²) in [6.45, 7) is 3.64. The highest BCUT2D eigenvalue weighted by atomic mass is 16.5. The third-order valence-electron chi connectivity index (χ3n) is 5.74. The normalized spacial score (nSPS) is 11.2. The minimum Gasteiger partial charge on any atom is -0.478 e. The van der Waals surface area contributed by atoms with E-state index in [4.69, 9.17) is 9.15 Å². The van der Waals surface area contributed by atoms with Crippen molar-refractivity contribution in [1.82, 2.24) is 4.98 Å². The number of H-pyrrole nitrogens is 1. The van der Waals surface area contributed by atoms with E-state index in [-0.39, 0.29) is 23.6 Å². The van der Waals surface area contributed by atoms with E-state index >= 15 is 0 Å². The number of hydrogen-bond donors (Lipinski definition) is 1. The van der Waals surface area contributed by atoms with E-state index in [2.05, 4.69) is 4.98 Å². The summed E-state index contributed by atoms with van der Waals surface area (Å²) in [5, 5.41) is 1.25. The number of ketones is 1. The van der Waals surface area contributed by atoms with Crippen molar-refractivity contribution in [2.45, 2.75) is 13.8 Å². The first-order valence-electron chi connectivity index (χ1n) is 10.4. The molecule has 3 aromatic carbocycles. The Morgan fingerprint density at radius 2 is 1.66 bits per heavy atom. The maximum absolute atomic E-state index is 13.4. The summed E-state index contributed by atoms with van der Waals surface area (Å²) in [5.74, 6) is 0.138. The highest BCUT2D eigenvalue weighted by molar-refractivity contribution is 6.08. The third kappa shape index (κ3) is 3.38. The minimum absolute atomic E-state index is 0.0418. The number of aryl methyl sites for hydroxylation is 2. The van der Waals surface area contributed by atoms with Gasteiger partial charge in [-0.3, -0.25) is 9.59 Å². The van der Waals surface area contributed by atoms with Crippen LogP contribution in [0.2, 0.25) is 0 Å². The lowest BCUT2D eigenvalue weighted by Crippen LogP contribution is -2.17. The number of aromatic nitrogens is 1. The van der Waals surface area contributed by atoms with Crippen LogP contribution in [0.4, 0.5) is 0 Å². The summed E-state index contributed by atoms with van der Waals surface area (Å²) in [5.41, 5.74) is 4.32. The molecule has 158 valence electrons. The number of Topliss-reactive ketones (excluding diaryl/α,β-unsaturated/α-hetero) is 1. The molecule has 5 heteroatoms. The van der Waals surface area contributed by atoms with E-state index in [1.165, 1.54) is 0 Å². The van der Waals surface area contributed by atoms with Gasteiger partial charge in [0.15, 0.2) is 12.4 Å². The summed E-state index contributed by atoms with van der Waals surface area (Å²) < 4.78 is 12.0. The quantitative estimate of drug-likeness (QED) is 0.362. The van der Waals surface area contributed by atoms with Crippen LogP contribution in [0.5, 0.6) is 5.75 Å². The maximum atomic E-state index is 13.4. The topological polar surface area (TPSA) is 72.3 Å². The standard InChI is InChI=1S/C27H21NO4/c1-16-12-20-24(13-17(16)2)32-26(18-8-4-3-5-9-18)27(25(20)30)31-15-23(29)21-14-28-22-11-7-6-10-19(21)22/h3-14,28H,15H2,1-2H3. The molecule has 32 heavy (non-hydrogen) atoms. The zero-order valence-electron chi connectivity index (χ0n) is 17.8. The number of carbonyl (C=O) groups excluding carboxylic acids is 1. The van der Waals surface area contributed by atoms with Gasteiger partial charge in [-0.25, -0.2) is 0 Å². The fraction of sp³-hybridized carbons (Fsp3) is 0.111. The number of hydrogen-bond acceptors (Lipinski definition) is 4. The van der Waals surface area contributed by atoms with Gasteiger partial charge in [-0.2, -0.15) is 0 Å². The molecule has 0 radical (unpaired) electrons. The van der Waals surface area contributed by atoms with Crippen molar-refractivity contribution >= 4 is 27.7 Å². The van der Waals surface area contributed by atoms with E-state index < -0.39 is 0 Å². The van der Waals surface area contributed by atoms with Crippen LogP contribution in [0.1, 0.15) is 21.5 Å². The third-order valence-corrected chi connectivity index (χ3v) is 5.74. The molecular formula is C27H21NO4. The molecule has 5 nitrogen and oxygen atoms in total. The van der Waals surface area contributed by atoms with Crippen LogP contribution < -0.4 is 10.2 Å². The second kappa shape index (κ2) is 7.85. The highest BCUT2D eigenvalue weighted by Gasteiger charge is 2.20. The molecule has 1 N–H and O–H groups in total. The smallest absolute Gasteiger partial charge is 0.235 e. The molecular weight excluding hydrogens is 402 g/mol. The van der Waals surface area contributed by atoms with Crippen molar-refractivity contribution in [3.63, 3.8) is 0 Å². The first kappa shape index (κ1) is 19.8. The van der Waals surface area contributed by atoms with E-state index in [1.54, 1.807) is 12.3 Å². The van der Waals surface area contributed by atoms with Crippen LogP contribution in [-0.2, 0) is 0 Å². The summed E-state index contributed by atoms with van der Waals surface area (Å²) in [4.78, 5) is 29.4. The lowest BCUT2D eigenvalue weighted by atomic mass is 10.0. The monoisotopic (exact) mass is 423 g/mol. The van der Waals surface area contributed by atoms with E-state index in [9.17, 15) is 9.59 Å². The molecule has 0 aliphatic rings.